The highest BCUT2D eigenvalue weighted by molar-refractivity contribution is 6.21. The molecule has 4 aromatic carbocycles. The molecule has 5 nitrogen and oxygen atoms in total. The number of allylic oxidation sites excluding steroid dienone is 1. The van der Waals surface area contributed by atoms with E-state index in [1.165, 1.54) is 5.56 Å². The maximum Gasteiger partial charge on any atom is 0.241 e. The molecule has 0 unspecified atom stereocenters. The van der Waals surface area contributed by atoms with Crippen molar-refractivity contribution in [2.75, 3.05) is 15.5 Å². The Hall–Kier alpha value is -4.38. The summed E-state index contributed by atoms with van der Waals surface area (Å²) in [5.41, 5.74) is 4.22. The SMILES string of the molecule is O=C1CC(=O)N(c2ccc(NC=CCc3ccccc3)cc2)c2ccc3ccccc3c2N1. The maximum atomic E-state index is 13.0. The van der Waals surface area contributed by atoms with Gasteiger partial charge in [0.05, 0.1) is 11.4 Å². The number of nitrogens with zero attached hydrogens (tertiary/aromatic N) is 1. The summed E-state index contributed by atoms with van der Waals surface area (Å²) < 4.78 is 0. The van der Waals surface area contributed by atoms with Crippen LogP contribution in [-0.2, 0) is 16.0 Å². The van der Waals surface area contributed by atoms with Crippen molar-refractivity contribution in [3.05, 3.63) is 109 Å². The summed E-state index contributed by atoms with van der Waals surface area (Å²) in [6.45, 7) is 0. The highest BCUT2D eigenvalue weighted by Crippen LogP contribution is 2.40. The van der Waals surface area contributed by atoms with Crippen LogP contribution in [0.3, 0.4) is 0 Å². The van der Waals surface area contributed by atoms with Gasteiger partial charge in [-0.3, -0.25) is 14.5 Å². The van der Waals surface area contributed by atoms with Crippen molar-refractivity contribution in [3.8, 4) is 0 Å². The number of carbonyl (C=O) groups is 2. The first-order chi connectivity index (χ1) is 16.2. The molecule has 1 heterocycles. The first kappa shape index (κ1) is 20.5. The minimum atomic E-state index is -0.304. The van der Waals surface area contributed by atoms with Crippen molar-refractivity contribution in [1.29, 1.82) is 0 Å². The predicted octanol–water partition coefficient (Wildman–Crippen LogP) is 6.02. The molecule has 1 aliphatic heterocycles. The van der Waals surface area contributed by atoms with E-state index >= 15 is 0 Å². The van der Waals surface area contributed by atoms with Crippen LogP contribution in [-0.4, -0.2) is 11.8 Å². The quantitative estimate of drug-likeness (QED) is 0.379. The van der Waals surface area contributed by atoms with Gasteiger partial charge in [-0.25, -0.2) is 0 Å². The molecule has 5 heteroatoms. The number of carbonyl (C=O) groups excluding carboxylic acids is 2. The zero-order valence-corrected chi connectivity index (χ0v) is 18.0. The average Bonchev–Trinajstić information content (AvgIpc) is 2.97. The number of amides is 2. The van der Waals surface area contributed by atoms with Gasteiger partial charge in [-0.1, -0.05) is 66.7 Å². The van der Waals surface area contributed by atoms with Gasteiger partial charge in [0.25, 0.3) is 0 Å². The fraction of sp³-hybridized carbons (Fsp3) is 0.0714. The van der Waals surface area contributed by atoms with Crippen molar-refractivity contribution >= 4 is 45.3 Å². The summed E-state index contributed by atoms with van der Waals surface area (Å²) in [7, 11) is 0. The second kappa shape index (κ2) is 9.01. The Morgan fingerprint density at radius 1 is 0.848 bits per heavy atom. The molecule has 0 spiro atoms. The van der Waals surface area contributed by atoms with Crippen LogP contribution in [0, 0.1) is 0 Å². The van der Waals surface area contributed by atoms with Crippen molar-refractivity contribution < 1.29 is 9.59 Å². The molecule has 0 bridgehead atoms. The van der Waals surface area contributed by atoms with E-state index in [4.69, 9.17) is 0 Å². The van der Waals surface area contributed by atoms with Crippen molar-refractivity contribution in [2.45, 2.75) is 12.8 Å². The molecular formula is C28H23N3O2. The second-order valence-corrected chi connectivity index (χ2v) is 7.92. The third kappa shape index (κ3) is 4.34. The Kier molecular flexibility index (Phi) is 5.60. The van der Waals surface area contributed by atoms with Crippen LogP contribution < -0.4 is 15.5 Å². The summed E-state index contributed by atoms with van der Waals surface area (Å²) in [4.78, 5) is 27.0. The third-order valence-electron chi connectivity index (χ3n) is 5.66. The Labute approximate surface area is 192 Å². The minimum Gasteiger partial charge on any atom is -0.362 e. The molecule has 0 fully saturated rings. The average molecular weight is 434 g/mol. The number of fused-ring (bicyclic) bond motifs is 3. The van der Waals surface area contributed by atoms with E-state index in [9.17, 15) is 9.59 Å². The van der Waals surface area contributed by atoms with Crippen molar-refractivity contribution in [2.24, 2.45) is 0 Å². The Morgan fingerprint density at radius 2 is 1.61 bits per heavy atom. The number of hydrogen-bond donors (Lipinski definition) is 2. The Bertz CT molecular complexity index is 1340. The molecule has 0 aromatic heterocycles. The van der Waals surface area contributed by atoms with Gasteiger partial charge in [-0.05, 0) is 53.9 Å². The summed E-state index contributed by atoms with van der Waals surface area (Å²) in [5, 5.41) is 8.11. The normalized spacial score (nSPS) is 13.6. The van der Waals surface area contributed by atoms with E-state index in [2.05, 4.69) is 28.8 Å². The van der Waals surface area contributed by atoms with E-state index in [0.29, 0.717) is 17.1 Å². The summed E-state index contributed by atoms with van der Waals surface area (Å²) in [5.74, 6) is -0.563. The second-order valence-electron chi connectivity index (χ2n) is 7.92. The van der Waals surface area contributed by atoms with Crippen LogP contribution in [0.1, 0.15) is 12.0 Å². The molecule has 162 valence electrons. The van der Waals surface area contributed by atoms with Crippen LogP contribution in [0.5, 0.6) is 0 Å². The molecule has 4 aromatic rings. The van der Waals surface area contributed by atoms with Gasteiger partial charge < -0.3 is 10.6 Å². The van der Waals surface area contributed by atoms with Crippen molar-refractivity contribution in [3.63, 3.8) is 0 Å². The highest BCUT2D eigenvalue weighted by atomic mass is 16.2. The van der Waals surface area contributed by atoms with Gasteiger partial charge in [0.15, 0.2) is 0 Å². The lowest BCUT2D eigenvalue weighted by molar-refractivity contribution is -0.124. The molecule has 0 saturated carbocycles. The van der Waals surface area contributed by atoms with E-state index in [1.807, 2.05) is 85.1 Å². The minimum absolute atomic E-state index is 0.203. The van der Waals surface area contributed by atoms with Gasteiger partial charge in [0, 0.05) is 16.8 Å². The highest BCUT2D eigenvalue weighted by Gasteiger charge is 2.28. The lowest BCUT2D eigenvalue weighted by Crippen LogP contribution is -2.26. The molecule has 0 saturated heterocycles. The molecule has 0 radical (unpaired) electrons. The molecule has 2 amide bonds. The maximum absolute atomic E-state index is 13.0. The fourth-order valence-electron chi connectivity index (χ4n) is 4.07. The lowest BCUT2D eigenvalue weighted by Gasteiger charge is -2.23. The van der Waals surface area contributed by atoms with E-state index < -0.39 is 0 Å². The van der Waals surface area contributed by atoms with Gasteiger partial charge in [0.1, 0.15) is 6.42 Å². The summed E-state index contributed by atoms with van der Waals surface area (Å²) >= 11 is 0. The Morgan fingerprint density at radius 3 is 2.42 bits per heavy atom. The van der Waals surface area contributed by atoms with Gasteiger partial charge in [0.2, 0.25) is 11.8 Å². The number of rotatable bonds is 5. The number of hydrogen-bond acceptors (Lipinski definition) is 3. The largest absolute Gasteiger partial charge is 0.362 e. The van der Waals surface area contributed by atoms with E-state index in [-0.39, 0.29) is 18.2 Å². The fourth-order valence-corrected chi connectivity index (χ4v) is 4.07. The van der Waals surface area contributed by atoms with E-state index in [0.717, 1.165) is 22.9 Å². The molecule has 1 aliphatic rings. The van der Waals surface area contributed by atoms with Crippen LogP contribution in [0.2, 0.25) is 0 Å². The Balaban J connectivity index is 1.40. The van der Waals surface area contributed by atoms with Gasteiger partial charge in [-0.15, -0.1) is 0 Å². The van der Waals surface area contributed by atoms with E-state index in [1.54, 1.807) is 4.90 Å². The monoisotopic (exact) mass is 433 g/mol. The van der Waals surface area contributed by atoms with Crippen LogP contribution >= 0.6 is 0 Å². The molecular weight excluding hydrogens is 410 g/mol. The number of nitrogens with one attached hydrogen (secondary N) is 2. The molecule has 0 aliphatic carbocycles. The zero-order valence-electron chi connectivity index (χ0n) is 18.0. The van der Waals surface area contributed by atoms with Crippen LogP contribution in [0.15, 0.2) is 103 Å². The molecule has 33 heavy (non-hydrogen) atoms. The predicted molar refractivity (Wildman–Crippen MR) is 134 cm³/mol. The molecule has 5 rings (SSSR count). The first-order valence-corrected chi connectivity index (χ1v) is 10.9. The summed E-state index contributed by atoms with van der Waals surface area (Å²) in [6.07, 6.45) is 4.63. The first-order valence-electron chi connectivity index (χ1n) is 10.9. The molecule has 2 N–H and O–H groups in total. The summed E-state index contributed by atoms with van der Waals surface area (Å²) in [6, 6.07) is 29.6. The third-order valence-corrected chi connectivity index (χ3v) is 5.66. The number of anilines is 4. The number of benzene rings is 4. The van der Waals surface area contributed by atoms with Crippen LogP contribution in [0.4, 0.5) is 22.7 Å². The topological polar surface area (TPSA) is 61.4 Å². The molecule has 0 atom stereocenters. The lowest BCUT2D eigenvalue weighted by atomic mass is 10.1. The van der Waals surface area contributed by atoms with Gasteiger partial charge >= 0.3 is 0 Å². The zero-order chi connectivity index (χ0) is 22.6. The smallest absolute Gasteiger partial charge is 0.241 e. The standard InChI is InChI=1S/C28H23N3O2/c32-26-19-27(33)31(25-17-12-21-10-4-5-11-24(21)28(25)30-26)23-15-13-22(14-16-23)29-18-6-9-20-7-2-1-3-8-20/h1-8,10-18,29H,9,19H2,(H,30,32). The van der Waals surface area contributed by atoms with Gasteiger partial charge in [-0.2, -0.15) is 0 Å². The van der Waals surface area contributed by atoms with Crippen LogP contribution in [0.25, 0.3) is 10.8 Å². The van der Waals surface area contributed by atoms with Crippen molar-refractivity contribution in [1.82, 2.24) is 0 Å².